The molecule has 0 aromatic heterocycles. The molecule has 0 saturated heterocycles. The van der Waals surface area contributed by atoms with Gasteiger partial charge >= 0.3 is 11.9 Å². The molecule has 29 heavy (non-hydrogen) atoms. The van der Waals surface area contributed by atoms with Crippen LogP contribution in [0.4, 0.5) is 0 Å². The Morgan fingerprint density at radius 2 is 0.966 bits per heavy atom. The summed E-state index contributed by atoms with van der Waals surface area (Å²) in [5, 5.41) is 0. The highest BCUT2D eigenvalue weighted by Gasteiger charge is 2.16. The minimum atomic E-state index is -2.99. The van der Waals surface area contributed by atoms with Crippen molar-refractivity contribution in [2.24, 2.45) is 0 Å². The lowest BCUT2D eigenvalue weighted by atomic mass is 10.1. The van der Waals surface area contributed by atoms with Gasteiger partial charge in [0.05, 0.1) is 13.2 Å². The Balaban J connectivity index is 3.43. The van der Waals surface area contributed by atoms with Gasteiger partial charge in [0.2, 0.25) is 7.37 Å². The molecule has 0 unspecified atom stereocenters. The minimum Gasteiger partial charge on any atom is -0.463 e. The number of carbonyl (C=O) groups excluding carboxylic acids is 2. The summed E-state index contributed by atoms with van der Waals surface area (Å²) in [4.78, 5) is 31.8. The molecule has 0 fully saturated rings. The van der Waals surface area contributed by atoms with Crippen LogP contribution in [0.5, 0.6) is 0 Å². The average Bonchev–Trinajstić information content (AvgIpc) is 2.70. The quantitative estimate of drug-likeness (QED) is 0.120. The lowest BCUT2D eigenvalue weighted by molar-refractivity contribution is -0.138. The van der Waals surface area contributed by atoms with Crippen molar-refractivity contribution in [3.63, 3.8) is 0 Å². The monoisotopic (exact) mass is 430 g/mol. The Morgan fingerprint density at radius 3 is 1.31 bits per heavy atom. The highest BCUT2D eigenvalue weighted by Crippen LogP contribution is 2.42. The molecule has 0 rings (SSSR count). The largest absolute Gasteiger partial charge is 0.463 e. The van der Waals surface area contributed by atoms with E-state index in [2.05, 4.69) is 13.2 Å². The van der Waals surface area contributed by atoms with Crippen LogP contribution in [-0.4, -0.2) is 42.4 Å². The lowest BCUT2D eigenvalue weighted by Gasteiger charge is -2.11. The van der Waals surface area contributed by atoms with Gasteiger partial charge in [-0.05, 0) is 25.7 Å². The van der Waals surface area contributed by atoms with Crippen molar-refractivity contribution in [3.8, 4) is 0 Å². The van der Waals surface area contributed by atoms with Gasteiger partial charge in [-0.3, -0.25) is 4.57 Å². The first-order valence-corrected chi connectivity index (χ1v) is 12.8. The molecule has 0 bridgehead atoms. The highest BCUT2D eigenvalue weighted by atomic mass is 31.2. The van der Waals surface area contributed by atoms with E-state index in [4.69, 9.17) is 9.47 Å². The molecule has 0 atom stereocenters. The van der Waals surface area contributed by atoms with Crippen molar-refractivity contribution in [2.75, 3.05) is 25.5 Å². The second-order valence-corrected chi connectivity index (χ2v) is 9.87. The average molecular weight is 431 g/mol. The van der Waals surface area contributed by atoms with Gasteiger partial charge in [0.25, 0.3) is 0 Å². The molecule has 6 nitrogen and oxygen atoms in total. The summed E-state index contributed by atoms with van der Waals surface area (Å²) < 4.78 is 22.0. The lowest BCUT2D eigenvalue weighted by Crippen LogP contribution is -2.01. The molecular weight excluding hydrogens is 391 g/mol. The summed E-state index contributed by atoms with van der Waals surface area (Å²) in [5.41, 5.74) is 0. The first-order valence-electron chi connectivity index (χ1n) is 10.8. The van der Waals surface area contributed by atoms with Crippen molar-refractivity contribution >= 4 is 19.3 Å². The molecule has 0 spiro atoms. The van der Waals surface area contributed by atoms with Gasteiger partial charge in [0, 0.05) is 24.5 Å². The predicted molar refractivity (Wildman–Crippen MR) is 117 cm³/mol. The van der Waals surface area contributed by atoms with E-state index in [0.29, 0.717) is 25.5 Å². The Kier molecular flexibility index (Phi) is 17.7. The standard InChI is InChI=1S/C22H39O6P/c1-3-21(23)27-17-13-9-5-7-11-15-19-29(25,26)20-16-12-8-6-10-14-18-28-22(24)4-2/h3-4H,1-2,5-20H2,(H,25,26). The first kappa shape index (κ1) is 27.6. The Labute approximate surface area is 176 Å². The Hall–Kier alpha value is -1.39. The van der Waals surface area contributed by atoms with Crippen LogP contribution < -0.4 is 0 Å². The van der Waals surface area contributed by atoms with Crippen molar-refractivity contribution in [1.29, 1.82) is 0 Å². The fraction of sp³-hybridized carbons (Fsp3) is 0.727. The van der Waals surface area contributed by atoms with Crippen LogP contribution in [0.25, 0.3) is 0 Å². The molecule has 0 aliphatic carbocycles. The van der Waals surface area contributed by atoms with Crippen molar-refractivity contribution in [1.82, 2.24) is 0 Å². The SMILES string of the molecule is C=CC(=O)OCCCCCCCCP(=O)(O)CCCCCCCCOC(=O)C=C. The van der Waals surface area contributed by atoms with Crippen LogP contribution in [0, 0.1) is 0 Å². The molecule has 7 heteroatoms. The van der Waals surface area contributed by atoms with E-state index in [0.717, 1.165) is 77.0 Å². The maximum Gasteiger partial charge on any atom is 0.330 e. The molecule has 0 radical (unpaired) electrons. The van der Waals surface area contributed by atoms with Crippen LogP contribution in [0.3, 0.4) is 0 Å². The number of hydrogen-bond acceptors (Lipinski definition) is 5. The third-order valence-corrected chi connectivity index (χ3v) is 6.66. The molecule has 0 heterocycles. The van der Waals surface area contributed by atoms with E-state index in [9.17, 15) is 19.0 Å². The normalized spacial score (nSPS) is 11.1. The van der Waals surface area contributed by atoms with Gasteiger partial charge in [-0.15, -0.1) is 0 Å². The predicted octanol–water partition coefficient (Wildman–Crippen LogP) is 5.40. The topological polar surface area (TPSA) is 89.9 Å². The molecule has 168 valence electrons. The summed E-state index contributed by atoms with van der Waals surface area (Å²) in [5.74, 6) is -0.759. The molecule has 1 N–H and O–H groups in total. The van der Waals surface area contributed by atoms with E-state index >= 15 is 0 Å². The molecule has 0 amide bonds. The van der Waals surface area contributed by atoms with Crippen molar-refractivity contribution in [2.45, 2.75) is 77.0 Å². The number of esters is 2. The van der Waals surface area contributed by atoms with Gasteiger partial charge in [0.15, 0.2) is 0 Å². The fourth-order valence-corrected chi connectivity index (χ4v) is 4.57. The van der Waals surface area contributed by atoms with Crippen LogP contribution in [-0.2, 0) is 23.6 Å². The van der Waals surface area contributed by atoms with Crippen molar-refractivity contribution < 1.29 is 28.5 Å². The molecule has 0 saturated carbocycles. The zero-order valence-corrected chi connectivity index (χ0v) is 18.7. The smallest absolute Gasteiger partial charge is 0.330 e. The third-order valence-electron chi connectivity index (χ3n) is 4.63. The van der Waals surface area contributed by atoms with E-state index in [1.807, 2.05) is 0 Å². The van der Waals surface area contributed by atoms with Gasteiger partial charge in [0.1, 0.15) is 0 Å². The number of ether oxygens (including phenoxy) is 2. The molecule has 0 aromatic carbocycles. The van der Waals surface area contributed by atoms with Crippen LogP contribution in [0.1, 0.15) is 77.0 Å². The zero-order chi connectivity index (χ0) is 21.8. The summed E-state index contributed by atoms with van der Waals surface area (Å²) in [7, 11) is -2.99. The zero-order valence-electron chi connectivity index (χ0n) is 17.8. The summed E-state index contributed by atoms with van der Waals surface area (Å²) in [6, 6.07) is 0. The number of rotatable bonds is 20. The highest BCUT2D eigenvalue weighted by molar-refractivity contribution is 7.57. The third kappa shape index (κ3) is 19.7. The van der Waals surface area contributed by atoms with Crippen LogP contribution in [0.15, 0.2) is 25.3 Å². The number of hydrogen-bond donors (Lipinski definition) is 1. The van der Waals surface area contributed by atoms with Gasteiger partial charge in [-0.25, -0.2) is 9.59 Å². The second-order valence-electron chi connectivity index (χ2n) is 7.28. The van der Waals surface area contributed by atoms with Crippen LogP contribution >= 0.6 is 7.37 Å². The maximum atomic E-state index is 12.2. The Morgan fingerprint density at radius 1 is 0.655 bits per heavy atom. The van der Waals surface area contributed by atoms with Crippen LogP contribution in [0.2, 0.25) is 0 Å². The van der Waals surface area contributed by atoms with E-state index in [1.165, 1.54) is 12.2 Å². The summed E-state index contributed by atoms with van der Waals surface area (Å²) in [6.07, 6.45) is 14.5. The van der Waals surface area contributed by atoms with Gasteiger partial charge in [-0.2, -0.15) is 0 Å². The first-order chi connectivity index (χ1) is 13.9. The molecule has 0 aliphatic heterocycles. The minimum absolute atomic E-state index is 0.379. The van der Waals surface area contributed by atoms with Crippen molar-refractivity contribution in [3.05, 3.63) is 25.3 Å². The number of carbonyl (C=O) groups is 2. The maximum absolute atomic E-state index is 12.2. The molecule has 0 aliphatic rings. The molecule has 0 aromatic rings. The van der Waals surface area contributed by atoms with Gasteiger partial charge < -0.3 is 14.4 Å². The van der Waals surface area contributed by atoms with Gasteiger partial charge in [-0.1, -0.05) is 64.5 Å². The fourth-order valence-electron chi connectivity index (χ4n) is 2.91. The second kappa shape index (κ2) is 18.6. The van der Waals surface area contributed by atoms with E-state index in [-0.39, 0.29) is 11.9 Å². The number of unbranched alkanes of at least 4 members (excludes halogenated alkanes) is 10. The summed E-state index contributed by atoms with van der Waals surface area (Å²) >= 11 is 0. The Bertz CT molecular complexity index is 475. The van der Waals surface area contributed by atoms with E-state index in [1.54, 1.807) is 0 Å². The summed E-state index contributed by atoms with van der Waals surface area (Å²) in [6.45, 7) is 7.55. The molecular formula is C22H39O6P. The van der Waals surface area contributed by atoms with E-state index < -0.39 is 7.37 Å².